The van der Waals surface area contributed by atoms with E-state index >= 15 is 0 Å². The molecule has 0 aromatic rings. The molecule has 2 atom stereocenters. The molecule has 0 aromatic heterocycles. The first-order valence-corrected chi connectivity index (χ1v) is 4.17. The van der Waals surface area contributed by atoms with Gasteiger partial charge in [-0.2, -0.15) is 18.4 Å². The van der Waals surface area contributed by atoms with Gasteiger partial charge < -0.3 is 4.74 Å². The number of allylic oxidation sites excluding steroid dienone is 1. The summed E-state index contributed by atoms with van der Waals surface area (Å²) in [5.74, 6) is -3.09. The van der Waals surface area contributed by atoms with Gasteiger partial charge in [0.2, 0.25) is 0 Å². The van der Waals surface area contributed by atoms with E-state index in [2.05, 4.69) is 4.74 Å². The fourth-order valence-electron chi connectivity index (χ4n) is 1.25. The number of carbonyl (C=O) groups is 1. The van der Waals surface area contributed by atoms with Crippen LogP contribution in [-0.4, -0.2) is 19.3 Å². The lowest BCUT2D eigenvalue weighted by molar-refractivity contribution is -0.149. The summed E-state index contributed by atoms with van der Waals surface area (Å²) < 4.78 is 40.5. The van der Waals surface area contributed by atoms with Gasteiger partial charge in [-0.15, -0.1) is 0 Å². The molecule has 0 amide bonds. The Morgan fingerprint density at radius 3 is 2.53 bits per heavy atom. The van der Waals surface area contributed by atoms with Crippen LogP contribution in [-0.2, 0) is 9.53 Å². The van der Waals surface area contributed by atoms with Gasteiger partial charge in [0, 0.05) is 0 Å². The van der Waals surface area contributed by atoms with E-state index in [1.54, 1.807) is 0 Å². The van der Waals surface area contributed by atoms with Crippen molar-refractivity contribution in [2.75, 3.05) is 7.11 Å². The number of methoxy groups -OCH3 is 1. The molecular formula is C9H8F3NO2. The average molecular weight is 219 g/mol. The monoisotopic (exact) mass is 219 g/mol. The van der Waals surface area contributed by atoms with Crippen LogP contribution in [0.3, 0.4) is 0 Å². The third-order valence-corrected chi connectivity index (χ3v) is 2.17. The number of ether oxygens (including phenoxy) is 1. The molecule has 6 heteroatoms. The fraction of sp³-hybridized carbons (Fsp3) is 0.556. The van der Waals surface area contributed by atoms with Crippen molar-refractivity contribution in [1.29, 1.82) is 5.26 Å². The first-order valence-electron chi connectivity index (χ1n) is 4.17. The third kappa shape index (κ3) is 2.72. The predicted molar refractivity (Wildman–Crippen MR) is 43.4 cm³/mol. The summed E-state index contributed by atoms with van der Waals surface area (Å²) in [7, 11) is 1.07. The maximum Gasteiger partial charge on any atom is 0.392 e. The van der Waals surface area contributed by atoms with Crippen LogP contribution in [0.1, 0.15) is 6.42 Å². The molecular weight excluding hydrogens is 211 g/mol. The number of carbonyl (C=O) groups excluding carboxylic acids is 1. The van der Waals surface area contributed by atoms with Crippen molar-refractivity contribution in [2.45, 2.75) is 12.6 Å². The largest absolute Gasteiger partial charge is 0.465 e. The molecule has 2 unspecified atom stereocenters. The van der Waals surface area contributed by atoms with Crippen LogP contribution in [0.2, 0.25) is 0 Å². The van der Waals surface area contributed by atoms with E-state index in [1.165, 1.54) is 6.07 Å². The highest BCUT2D eigenvalue weighted by atomic mass is 19.4. The van der Waals surface area contributed by atoms with E-state index in [4.69, 9.17) is 5.26 Å². The molecule has 0 spiro atoms. The highest BCUT2D eigenvalue weighted by molar-refractivity contribution is 5.92. The van der Waals surface area contributed by atoms with Crippen LogP contribution >= 0.6 is 0 Å². The predicted octanol–water partition coefficient (Wildman–Crippen LogP) is 1.81. The Kier molecular flexibility index (Phi) is 3.03. The van der Waals surface area contributed by atoms with E-state index in [9.17, 15) is 18.0 Å². The number of esters is 1. The van der Waals surface area contributed by atoms with Crippen LogP contribution in [0.25, 0.3) is 0 Å². The second kappa shape index (κ2) is 3.93. The molecule has 3 nitrogen and oxygen atoms in total. The molecule has 0 heterocycles. The van der Waals surface area contributed by atoms with E-state index in [1.807, 2.05) is 0 Å². The molecule has 0 aromatic carbocycles. The SMILES string of the molecule is COC(=O)/C(C#N)=C/C1CC1C(F)(F)F. The van der Waals surface area contributed by atoms with Crippen LogP contribution in [0.15, 0.2) is 11.6 Å². The number of hydrogen-bond donors (Lipinski definition) is 0. The van der Waals surface area contributed by atoms with Crippen molar-refractivity contribution in [1.82, 2.24) is 0 Å². The number of hydrogen-bond acceptors (Lipinski definition) is 3. The van der Waals surface area contributed by atoms with Crippen molar-refractivity contribution < 1.29 is 22.7 Å². The van der Waals surface area contributed by atoms with Gasteiger partial charge in [-0.1, -0.05) is 6.08 Å². The Morgan fingerprint density at radius 2 is 2.20 bits per heavy atom. The zero-order chi connectivity index (χ0) is 11.6. The normalized spacial score (nSPS) is 25.7. The molecule has 0 N–H and O–H groups in total. The summed E-state index contributed by atoms with van der Waals surface area (Å²) in [4.78, 5) is 10.9. The van der Waals surface area contributed by atoms with E-state index in [-0.39, 0.29) is 12.0 Å². The Bertz CT molecular complexity index is 340. The summed E-state index contributed by atoms with van der Waals surface area (Å²) in [5, 5.41) is 8.49. The number of rotatable bonds is 2. The van der Waals surface area contributed by atoms with Gasteiger partial charge in [0.15, 0.2) is 0 Å². The Hall–Kier alpha value is -1.51. The van der Waals surface area contributed by atoms with Crippen LogP contribution in [0.4, 0.5) is 13.2 Å². The first kappa shape index (κ1) is 11.6. The summed E-state index contributed by atoms with van der Waals surface area (Å²) in [6.07, 6.45) is -3.28. The maximum absolute atomic E-state index is 12.1. The zero-order valence-corrected chi connectivity index (χ0v) is 7.84. The molecule has 15 heavy (non-hydrogen) atoms. The molecule has 1 saturated carbocycles. The lowest BCUT2D eigenvalue weighted by atomic mass is 10.2. The number of halogens is 3. The Labute approximate surface area is 84.1 Å². The van der Waals surface area contributed by atoms with Crippen LogP contribution in [0, 0.1) is 23.2 Å². The van der Waals surface area contributed by atoms with Crippen molar-refractivity contribution in [3.05, 3.63) is 11.6 Å². The van der Waals surface area contributed by atoms with Gasteiger partial charge >= 0.3 is 12.1 Å². The number of nitriles is 1. The lowest BCUT2D eigenvalue weighted by Gasteiger charge is -2.02. The summed E-state index contributed by atoms with van der Waals surface area (Å²) in [6, 6.07) is 1.52. The summed E-state index contributed by atoms with van der Waals surface area (Å²) in [5.41, 5.74) is -0.366. The molecule has 82 valence electrons. The van der Waals surface area contributed by atoms with E-state index < -0.39 is 24.0 Å². The molecule has 0 bridgehead atoms. The average Bonchev–Trinajstić information content (AvgIpc) is 2.91. The number of nitrogens with zero attached hydrogens (tertiary/aromatic N) is 1. The van der Waals surface area contributed by atoms with Gasteiger partial charge in [0.25, 0.3) is 0 Å². The Balaban J connectivity index is 2.67. The van der Waals surface area contributed by atoms with Crippen molar-refractivity contribution >= 4 is 5.97 Å². The van der Waals surface area contributed by atoms with E-state index in [0.29, 0.717) is 0 Å². The first-order chi connectivity index (χ1) is 6.90. The molecule has 1 aliphatic rings. The molecule has 0 aliphatic heterocycles. The summed E-state index contributed by atoms with van der Waals surface area (Å²) >= 11 is 0. The standard InChI is InChI=1S/C9H8F3NO2/c1-15-8(14)6(4-13)2-5-3-7(5)9(10,11)12/h2,5,7H,3H2,1H3/b6-2+. The lowest BCUT2D eigenvalue weighted by Crippen LogP contribution is -2.12. The van der Waals surface area contributed by atoms with Gasteiger partial charge in [-0.25, -0.2) is 4.79 Å². The smallest absolute Gasteiger partial charge is 0.392 e. The molecule has 0 saturated heterocycles. The molecule has 0 radical (unpaired) electrons. The highest BCUT2D eigenvalue weighted by Gasteiger charge is 2.54. The quantitative estimate of drug-likeness (QED) is 0.404. The van der Waals surface area contributed by atoms with Crippen molar-refractivity contribution in [3.8, 4) is 6.07 Å². The van der Waals surface area contributed by atoms with Crippen molar-refractivity contribution in [3.63, 3.8) is 0 Å². The van der Waals surface area contributed by atoms with Gasteiger partial charge in [-0.05, 0) is 12.3 Å². The highest BCUT2D eigenvalue weighted by Crippen LogP contribution is 2.51. The third-order valence-electron chi connectivity index (χ3n) is 2.17. The Morgan fingerprint density at radius 1 is 1.60 bits per heavy atom. The van der Waals surface area contributed by atoms with Gasteiger partial charge in [-0.3, -0.25) is 0 Å². The van der Waals surface area contributed by atoms with Crippen LogP contribution in [0.5, 0.6) is 0 Å². The summed E-state index contributed by atoms with van der Waals surface area (Å²) in [6.45, 7) is 0. The van der Waals surface area contributed by atoms with Gasteiger partial charge in [0.1, 0.15) is 11.6 Å². The topological polar surface area (TPSA) is 50.1 Å². The van der Waals surface area contributed by atoms with Crippen molar-refractivity contribution in [2.24, 2.45) is 11.8 Å². The van der Waals surface area contributed by atoms with Gasteiger partial charge in [0.05, 0.1) is 13.0 Å². The fourth-order valence-corrected chi connectivity index (χ4v) is 1.25. The van der Waals surface area contributed by atoms with E-state index in [0.717, 1.165) is 13.2 Å². The maximum atomic E-state index is 12.1. The molecule has 1 aliphatic carbocycles. The minimum atomic E-state index is -4.25. The molecule has 1 rings (SSSR count). The second-order valence-corrected chi connectivity index (χ2v) is 3.23. The zero-order valence-electron chi connectivity index (χ0n) is 7.84. The molecule has 1 fully saturated rings. The number of alkyl halides is 3. The second-order valence-electron chi connectivity index (χ2n) is 3.23. The minimum Gasteiger partial charge on any atom is -0.465 e. The minimum absolute atomic E-state index is 0.0638. The van der Waals surface area contributed by atoms with Crippen LogP contribution < -0.4 is 0 Å².